The summed E-state index contributed by atoms with van der Waals surface area (Å²) in [5.74, 6) is 7.89. The van der Waals surface area contributed by atoms with Crippen LogP contribution in [0.15, 0.2) is 54.7 Å². The number of rotatable bonds is 3. The molecule has 0 amide bonds. The van der Waals surface area contributed by atoms with Crippen molar-refractivity contribution in [1.29, 1.82) is 0 Å². The minimum atomic E-state index is -1.82. The number of benzene rings is 2. The summed E-state index contributed by atoms with van der Waals surface area (Å²) in [4.78, 5) is 4.69. The fourth-order valence-corrected chi connectivity index (χ4v) is 7.34. The second kappa shape index (κ2) is 6.50. The number of nitrogens with zero attached hydrogens (tertiary/aromatic N) is 1. The summed E-state index contributed by atoms with van der Waals surface area (Å²) in [5.41, 5.74) is 3.68. The molecule has 0 aliphatic rings. The van der Waals surface area contributed by atoms with E-state index in [0.29, 0.717) is 5.92 Å². The maximum absolute atomic E-state index is 4.69. The molecule has 2 heterocycles. The van der Waals surface area contributed by atoms with E-state index >= 15 is 0 Å². The summed E-state index contributed by atoms with van der Waals surface area (Å²) < 4.78 is 4.34. The molecule has 0 spiro atoms. The van der Waals surface area contributed by atoms with E-state index in [1.807, 2.05) is 17.5 Å². The predicted octanol–water partition coefficient (Wildman–Crippen LogP) is 6.79. The van der Waals surface area contributed by atoms with Gasteiger partial charge in [-0.1, -0.05) is 0 Å². The van der Waals surface area contributed by atoms with Gasteiger partial charge in [-0.05, 0) is 0 Å². The van der Waals surface area contributed by atoms with E-state index in [2.05, 4.69) is 84.6 Å². The number of thiophene rings is 1. The molecule has 132 valence electrons. The van der Waals surface area contributed by atoms with Crippen molar-refractivity contribution < 1.29 is 0 Å². The van der Waals surface area contributed by atoms with E-state index in [1.165, 1.54) is 31.3 Å². The molecule has 0 unspecified atom stereocenters. The Morgan fingerprint density at radius 3 is 2.46 bits per heavy atom. The van der Waals surface area contributed by atoms with Gasteiger partial charge in [0, 0.05) is 0 Å². The Kier molecular flexibility index (Phi) is 4.44. The third kappa shape index (κ3) is 3.10. The number of fused-ring (bicyclic) bond motifs is 3. The second-order valence-electron chi connectivity index (χ2n) is 8.37. The Labute approximate surface area is 162 Å². The molecule has 4 aromatic rings. The van der Waals surface area contributed by atoms with Crippen molar-refractivity contribution in [2.24, 2.45) is 0 Å². The van der Waals surface area contributed by atoms with E-state index in [-0.39, 0.29) is 0 Å². The molecule has 2 aromatic heterocycles. The first-order valence-corrected chi connectivity index (χ1v) is 17.4. The molecule has 0 saturated carbocycles. The molecule has 3 heteroatoms. The number of hydrogen-bond donors (Lipinski definition) is 0. The average molecular weight is 420 g/mol. The van der Waals surface area contributed by atoms with Crippen LogP contribution in [-0.4, -0.2) is 18.3 Å². The zero-order valence-electron chi connectivity index (χ0n) is 16.1. The standard InChI is InChI=1S/C23H25GeNS/c1-15(2)16-11-12-25-21(13-16)20-8-6-7-19-18-10-9-17(24(3,4)5)14-22(18)26-23(19)20/h6-15H,1-5H3. The Hall–Kier alpha value is -1.65. The average Bonchev–Trinajstić information content (AvgIpc) is 2.99. The predicted molar refractivity (Wildman–Crippen MR) is 120 cm³/mol. The van der Waals surface area contributed by atoms with Crippen LogP contribution in [0.25, 0.3) is 31.4 Å². The first-order chi connectivity index (χ1) is 12.3. The van der Waals surface area contributed by atoms with Gasteiger partial charge in [-0.15, -0.1) is 0 Å². The zero-order chi connectivity index (χ0) is 18.5. The molecule has 0 radical (unpaired) electrons. The van der Waals surface area contributed by atoms with Crippen LogP contribution >= 0.6 is 11.3 Å². The first kappa shape index (κ1) is 17.8. The van der Waals surface area contributed by atoms with Gasteiger partial charge in [-0.3, -0.25) is 0 Å². The van der Waals surface area contributed by atoms with Gasteiger partial charge in [-0.25, -0.2) is 0 Å². The van der Waals surface area contributed by atoms with Crippen molar-refractivity contribution in [2.45, 2.75) is 37.0 Å². The Morgan fingerprint density at radius 2 is 1.73 bits per heavy atom. The Bertz CT molecular complexity index is 1100. The van der Waals surface area contributed by atoms with Crippen LogP contribution in [0, 0.1) is 0 Å². The van der Waals surface area contributed by atoms with Crippen LogP contribution in [0.2, 0.25) is 17.3 Å². The molecule has 0 aliphatic heterocycles. The fourth-order valence-electron chi connectivity index (χ4n) is 3.42. The van der Waals surface area contributed by atoms with Gasteiger partial charge < -0.3 is 0 Å². The SMILES string of the molecule is CC(C)c1ccnc(-c2cccc3c2sc2c[c]([Ge]([CH3])([CH3])[CH3])ccc23)c1. The number of hydrogen-bond acceptors (Lipinski definition) is 2. The van der Waals surface area contributed by atoms with Crippen LogP contribution in [0.1, 0.15) is 25.3 Å². The fraction of sp³-hybridized carbons (Fsp3) is 0.261. The third-order valence-corrected chi connectivity index (χ3v) is 10.6. The molecule has 2 aromatic carbocycles. The molecular weight excluding hydrogens is 395 g/mol. The molecular formula is C23H25GeNS. The monoisotopic (exact) mass is 421 g/mol. The van der Waals surface area contributed by atoms with E-state index in [4.69, 9.17) is 0 Å². The molecule has 4 rings (SSSR count). The Morgan fingerprint density at radius 1 is 0.923 bits per heavy atom. The van der Waals surface area contributed by atoms with Crippen LogP contribution in [0.5, 0.6) is 0 Å². The van der Waals surface area contributed by atoms with Gasteiger partial charge in [0.25, 0.3) is 0 Å². The summed E-state index contributed by atoms with van der Waals surface area (Å²) in [6.07, 6.45) is 1.95. The normalized spacial score (nSPS) is 12.4. The third-order valence-electron chi connectivity index (χ3n) is 5.09. The molecule has 26 heavy (non-hydrogen) atoms. The van der Waals surface area contributed by atoms with Crippen molar-refractivity contribution in [3.63, 3.8) is 0 Å². The molecule has 0 aliphatic carbocycles. The molecule has 0 saturated heterocycles. The quantitative estimate of drug-likeness (QED) is 0.333. The van der Waals surface area contributed by atoms with Crippen LogP contribution < -0.4 is 4.40 Å². The molecule has 0 bridgehead atoms. The molecule has 0 N–H and O–H groups in total. The van der Waals surface area contributed by atoms with Crippen molar-refractivity contribution in [2.75, 3.05) is 0 Å². The maximum atomic E-state index is 4.69. The minimum absolute atomic E-state index is 0.513. The number of aromatic nitrogens is 1. The molecule has 0 fully saturated rings. The van der Waals surface area contributed by atoms with E-state index in [1.54, 1.807) is 4.40 Å². The van der Waals surface area contributed by atoms with Gasteiger partial charge in [-0.2, -0.15) is 0 Å². The van der Waals surface area contributed by atoms with Gasteiger partial charge in [0.2, 0.25) is 0 Å². The first-order valence-electron chi connectivity index (χ1n) is 9.26. The van der Waals surface area contributed by atoms with Crippen molar-refractivity contribution >= 4 is 49.2 Å². The van der Waals surface area contributed by atoms with E-state index in [9.17, 15) is 0 Å². The number of pyridine rings is 1. The van der Waals surface area contributed by atoms with Gasteiger partial charge in [0.15, 0.2) is 0 Å². The van der Waals surface area contributed by atoms with Crippen LogP contribution in [0.3, 0.4) is 0 Å². The summed E-state index contributed by atoms with van der Waals surface area (Å²) >= 11 is 0.100. The summed E-state index contributed by atoms with van der Waals surface area (Å²) in [6, 6.07) is 18.2. The summed E-state index contributed by atoms with van der Waals surface area (Å²) in [6.45, 7) is 4.47. The van der Waals surface area contributed by atoms with Gasteiger partial charge in [0.05, 0.1) is 0 Å². The van der Waals surface area contributed by atoms with Crippen LogP contribution in [0.4, 0.5) is 0 Å². The summed E-state index contributed by atoms with van der Waals surface area (Å²) in [7, 11) is 0. The topological polar surface area (TPSA) is 12.9 Å². The van der Waals surface area contributed by atoms with E-state index in [0.717, 1.165) is 5.69 Å². The van der Waals surface area contributed by atoms with Gasteiger partial charge in [0.1, 0.15) is 0 Å². The Balaban J connectivity index is 1.95. The van der Waals surface area contributed by atoms with Crippen molar-refractivity contribution in [1.82, 2.24) is 4.98 Å². The zero-order valence-corrected chi connectivity index (χ0v) is 19.0. The van der Waals surface area contributed by atoms with Crippen LogP contribution in [-0.2, 0) is 0 Å². The van der Waals surface area contributed by atoms with Crippen molar-refractivity contribution in [3.05, 3.63) is 60.3 Å². The van der Waals surface area contributed by atoms with E-state index < -0.39 is 13.3 Å². The molecule has 0 atom stereocenters. The summed E-state index contributed by atoms with van der Waals surface area (Å²) in [5, 5.41) is 2.73. The molecule has 1 nitrogen and oxygen atoms in total. The van der Waals surface area contributed by atoms with Gasteiger partial charge >= 0.3 is 163 Å². The second-order valence-corrected chi connectivity index (χ2v) is 20.1. The van der Waals surface area contributed by atoms with Crippen molar-refractivity contribution in [3.8, 4) is 11.3 Å².